The number of nitrogens with one attached hydrogen (secondary N) is 1. The van der Waals surface area contributed by atoms with Gasteiger partial charge in [-0.25, -0.2) is 0 Å². The van der Waals surface area contributed by atoms with Crippen molar-refractivity contribution in [2.75, 3.05) is 6.54 Å². The molecule has 0 aliphatic carbocycles. The average molecular weight is 363 g/mol. The molecule has 5 heteroatoms. The topological polar surface area (TPSA) is 12.0 Å². The summed E-state index contributed by atoms with van der Waals surface area (Å²) in [6, 6.07) is 11.1. The Morgan fingerprint density at radius 2 is 1.52 bits per heavy atom. The van der Waals surface area contributed by atoms with Gasteiger partial charge in [0, 0.05) is 10.0 Å². The maximum absolute atomic E-state index is 6.13. The molecular weight excluding hydrogens is 348 g/mol. The van der Waals surface area contributed by atoms with Crippen LogP contribution in [0.25, 0.3) is 0 Å². The summed E-state index contributed by atoms with van der Waals surface area (Å²) in [6.45, 7) is 2.99. The van der Waals surface area contributed by atoms with E-state index in [1.165, 1.54) is 0 Å². The summed E-state index contributed by atoms with van der Waals surface area (Å²) in [7, 11) is 0. The first kappa shape index (κ1) is 16.9. The maximum Gasteiger partial charge on any atom is 0.0595 e. The number of benzene rings is 2. The molecule has 1 nitrogen and oxygen atoms in total. The molecule has 0 heterocycles. The molecule has 21 heavy (non-hydrogen) atoms. The summed E-state index contributed by atoms with van der Waals surface area (Å²) in [6.07, 6.45) is 1.02. The van der Waals surface area contributed by atoms with Gasteiger partial charge in [-0.15, -0.1) is 0 Å². The van der Waals surface area contributed by atoms with Gasteiger partial charge >= 0.3 is 0 Å². The van der Waals surface area contributed by atoms with Gasteiger partial charge in [-0.05, 0) is 54.4 Å². The van der Waals surface area contributed by atoms with Crippen LogP contribution in [0.3, 0.4) is 0 Å². The van der Waals surface area contributed by atoms with Crippen molar-refractivity contribution in [3.05, 3.63) is 67.6 Å². The lowest BCUT2D eigenvalue weighted by Crippen LogP contribution is -2.23. The molecule has 0 fully saturated rings. The zero-order valence-corrected chi connectivity index (χ0v) is 14.5. The molecular formula is C16H15Cl4N. The van der Waals surface area contributed by atoms with Crippen LogP contribution in [0.1, 0.15) is 30.5 Å². The molecule has 1 N–H and O–H groups in total. The van der Waals surface area contributed by atoms with E-state index in [4.69, 9.17) is 46.4 Å². The van der Waals surface area contributed by atoms with Crippen molar-refractivity contribution in [3.8, 4) is 0 Å². The Balaban J connectivity index is 2.43. The standard InChI is InChI=1S/C16H15Cl4N/c1-2-5-21-16(10-3-4-14(19)15(20)8-10)11-6-12(17)9-13(18)7-11/h3-4,6-9,16,21H,2,5H2,1H3. The highest BCUT2D eigenvalue weighted by atomic mass is 35.5. The van der Waals surface area contributed by atoms with Gasteiger partial charge in [-0.3, -0.25) is 0 Å². The zero-order valence-electron chi connectivity index (χ0n) is 11.5. The number of rotatable bonds is 5. The molecule has 1 atom stereocenters. The molecule has 0 saturated heterocycles. The summed E-state index contributed by atoms with van der Waals surface area (Å²) in [5.74, 6) is 0. The monoisotopic (exact) mass is 361 g/mol. The van der Waals surface area contributed by atoms with E-state index in [0.29, 0.717) is 20.1 Å². The van der Waals surface area contributed by atoms with Crippen molar-refractivity contribution >= 4 is 46.4 Å². The van der Waals surface area contributed by atoms with Crippen LogP contribution >= 0.6 is 46.4 Å². The summed E-state index contributed by atoms with van der Waals surface area (Å²) in [4.78, 5) is 0. The molecule has 1 unspecified atom stereocenters. The Kier molecular flexibility index (Phi) is 6.21. The predicted molar refractivity (Wildman–Crippen MR) is 93.1 cm³/mol. The fourth-order valence-corrected chi connectivity index (χ4v) is 3.00. The molecule has 0 bridgehead atoms. The van der Waals surface area contributed by atoms with Crippen LogP contribution in [-0.4, -0.2) is 6.54 Å². The van der Waals surface area contributed by atoms with Crippen LogP contribution in [0.15, 0.2) is 36.4 Å². The third kappa shape index (κ3) is 4.51. The van der Waals surface area contributed by atoms with Gasteiger partial charge in [0.25, 0.3) is 0 Å². The third-order valence-electron chi connectivity index (χ3n) is 3.09. The molecule has 0 saturated carbocycles. The van der Waals surface area contributed by atoms with Crippen LogP contribution in [0, 0.1) is 0 Å². The number of halogens is 4. The van der Waals surface area contributed by atoms with Crippen molar-refractivity contribution < 1.29 is 0 Å². The van der Waals surface area contributed by atoms with Crippen LogP contribution in [0.2, 0.25) is 20.1 Å². The lowest BCUT2D eigenvalue weighted by atomic mass is 9.98. The van der Waals surface area contributed by atoms with E-state index in [9.17, 15) is 0 Å². The third-order valence-corrected chi connectivity index (χ3v) is 4.27. The van der Waals surface area contributed by atoms with Crippen LogP contribution in [0.4, 0.5) is 0 Å². The largest absolute Gasteiger partial charge is 0.306 e. The minimum atomic E-state index is -0.0316. The maximum atomic E-state index is 6.13. The highest BCUT2D eigenvalue weighted by molar-refractivity contribution is 6.42. The number of hydrogen-bond donors (Lipinski definition) is 1. The van der Waals surface area contributed by atoms with Gasteiger partial charge < -0.3 is 5.32 Å². The Morgan fingerprint density at radius 1 is 0.857 bits per heavy atom. The SMILES string of the molecule is CCCNC(c1cc(Cl)cc(Cl)c1)c1ccc(Cl)c(Cl)c1. The van der Waals surface area contributed by atoms with Gasteiger partial charge in [-0.2, -0.15) is 0 Å². The van der Waals surface area contributed by atoms with E-state index in [-0.39, 0.29) is 6.04 Å². The summed E-state index contributed by atoms with van der Waals surface area (Å²) in [5.41, 5.74) is 2.02. The van der Waals surface area contributed by atoms with Crippen molar-refractivity contribution in [2.24, 2.45) is 0 Å². The highest BCUT2D eigenvalue weighted by Crippen LogP contribution is 2.31. The van der Waals surface area contributed by atoms with Gasteiger partial charge in [-0.1, -0.05) is 59.4 Å². The van der Waals surface area contributed by atoms with Gasteiger partial charge in [0.1, 0.15) is 0 Å². The van der Waals surface area contributed by atoms with Crippen LogP contribution in [-0.2, 0) is 0 Å². The van der Waals surface area contributed by atoms with Crippen molar-refractivity contribution in [2.45, 2.75) is 19.4 Å². The van der Waals surface area contributed by atoms with Gasteiger partial charge in [0.05, 0.1) is 16.1 Å². The second-order valence-corrected chi connectivity index (χ2v) is 6.45. The molecule has 0 spiro atoms. The normalized spacial score (nSPS) is 12.4. The summed E-state index contributed by atoms with van der Waals surface area (Å²) in [5, 5.41) is 5.78. The Hall–Kier alpha value is -0.440. The first-order chi connectivity index (χ1) is 10.0. The predicted octanol–water partition coefficient (Wildman–Crippen LogP) is 6.39. The fraction of sp³-hybridized carbons (Fsp3) is 0.250. The highest BCUT2D eigenvalue weighted by Gasteiger charge is 2.16. The number of hydrogen-bond acceptors (Lipinski definition) is 1. The minimum absolute atomic E-state index is 0.0316. The summed E-state index contributed by atoms with van der Waals surface area (Å²) >= 11 is 24.3. The van der Waals surface area contributed by atoms with Crippen molar-refractivity contribution in [3.63, 3.8) is 0 Å². The van der Waals surface area contributed by atoms with E-state index in [1.807, 2.05) is 24.3 Å². The molecule has 0 amide bonds. The van der Waals surface area contributed by atoms with Gasteiger partial charge in [0.2, 0.25) is 0 Å². The molecule has 2 aromatic rings. The summed E-state index contributed by atoms with van der Waals surface area (Å²) < 4.78 is 0. The Bertz CT molecular complexity index is 607. The van der Waals surface area contributed by atoms with Crippen LogP contribution in [0.5, 0.6) is 0 Å². The average Bonchev–Trinajstić information content (AvgIpc) is 2.42. The van der Waals surface area contributed by atoms with E-state index in [1.54, 1.807) is 12.1 Å². The molecule has 0 aromatic heterocycles. The quantitative estimate of drug-likeness (QED) is 0.649. The van der Waals surface area contributed by atoms with Crippen LogP contribution < -0.4 is 5.32 Å². The molecule has 112 valence electrons. The van der Waals surface area contributed by atoms with Gasteiger partial charge in [0.15, 0.2) is 0 Å². The molecule has 0 aliphatic heterocycles. The van der Waals surface area contributed by atoms with E-state index in [2.05, 4.69) is 12.2 Å². The zero-order chi connectivity index (χ0) is 15.4. The molecule has 0 radical (unpaired) electrons. The minimum Gasteiger partial charge on any atom is -0.306 e. The second-order valence-electron chi connectivity index (χ2n) is 4.76. The van der Waals surface area contributed by atoms with E-state index < -0.39 is 0 Å². The van der Waals surface area contributed by atoms with E-state index >= 15 is 0 Å². The molecule has 2 rings (SSSR count). The fourth-order valence-electron chi connectivity index (χ4n) is 2.15. The molecule has 0 aliphatic rings. The smallest absolute Gasteiger partial charge is 0.0595 e. The lowest BCUT2D eigenvalue weighted by molar-refractivity contribution is 0.599. The lowest BCUT2D eigenvalue weighted by Gasteiger charge is -2.20. The van der Waals surface area contributed by atoms with Crippen molar-refractivity contribution in [1.82, 2.24) is 5.32 Å². The first-order valence-corrected chi connectivity index (χ1v) is 8.16. The Labute approximate surface area is 145 Å². The van der Waals surface area contributed by atoms with Crippen molar-refractivity contribution in [1.29, 1.82) is 0 Å². The Morgan fingerprint density at radius 3 is 2.10 bits per heavy atom. The second kappa shape index (κ2) is 7.71. The first-order valence-electron chi connectivity index (χ1n) is 6.65. The molecule has 2 aromatic carbocycles. The van der Waals surface area contributed by atoms with E-state index in [0.717, 1.165) is 24.1 Å².